The van der Waals surface area contributed by atoms with Crippen LogP contribution in [0, 0.1) is 0 Å². The summed E-state index contributed by atoms with van der Waals surface area (Å²) in [5.41, 5.74) is -2.70. The Morgan fingerprint density at radius 3 is 1.22 bits per heavy atom. The van der Waals surface area contributed by atoms with Crippen LogP contribution >= 0.6 is 66.5 Å². The molecule has 0 aromatic heterocycles. The molecule has 0 aliphatic heterocycles. The molecule has 0 aliphatic carbocycles. The fourth-order valence-electron chi connectivity index (χ4n) is 0.143. The van der Waals surface area contributed by atoms with E-state index in [-0.39, 0.29) is 0 Å². The first kappa shape index (κ1) is 11.4. The van der Waals surface area contributed by atoms with Crippen LogP contribution in [0.1, 0.15) is 0 Å². The number of halogens is 6. The first-order valence-corrected chi connectivity index (χ1v) is 16.6. The lowest BCUT2D eigenvalue weighted by Gasteiger charge is -2.11. The fraction of sp³-hybridized carbons (Fsp3) is 0. The van der Waals surface area contributed by atoms with Gasteiger partial charge in [0.25, 0.3) is 0 Å². The van der Waals surface area contributed by atoms with Crippen molar-refractivity contribution in [1.29, 1.82) is 0 Å². The van der Waals surface area contributed by atoms with E-state index in [1.807, 2.05) is 0 Å². The highest BCUT2D eigenvalue weighted by Crippen LogP contribution is 2.28. The minimum Gasteiger partial charge on any atom is -0.171 e. The van der Waals surface area contributed by atoms with E-state index in [4.69, 9.17) is 66.5 Å². The van der Waals surface area contributed by atoms with Crippen molar-refractivity contribution in [1.82, 2.24) is 0 Å². The molecule has 0 aliphatic rings. The van der Waals surface area contributed by atoms with E-state index in [0.29, 0.717) is 0 Å². The van der Waals surface area contributed by atoms with Gasteiger partial charge in [0, 0.05) is 0 Å². The smallest absolute Gasteiger partial charge is 0.171 e. The van der Waals surface area contributed by atoms with Gasteiger partial charge in [-0.3, -0.25) is 0 Å². The summed E-state index contributed by atoms with van der Waals surface area (Å²) in [4.78, 5) is 0. The average Bonchev–Trinajstić information content (AvgIpc) is 1.62. The van der Waals surface area contributed by atoms with Gasteiger partial charge in [-0.1, -0.05) is 0 Å². The summed E-state index contributed by atoms with van der Waals surface area (Å²) in [5, 5.41) is 0. The Morgan fingerprint density at radius 2 is 1.22 bits per heavy atom. The predicted molar refractivity (Wildman–Crippen MR) is 55.2 cm³/mol. The molecule has 0 aromatic rings. The van der Waals surface area contributed by atoms with Gasteiger partial charge in [-0.2, -0.15) is 33.2 Å². The minimum absolute atomic E-state index is 1.88. The van der Waals surface area contributed by atoms with E-state index in [2.05, 4.69) is 0 Å². The van der Waals surface area contributed by atoms with Gasteiger partial charge in [0.15, 0.2) is 0 Å². The molecule has 0 saturated carbocycles. The molecule has 0 heterocycles. The van der Waals surface area contributed by atoms with Crippen molar-refractivity contribution < 1.29 is 0 Å². The quantitative estimate of drug-likeness (QED) is 0.543. The first-order valence-electron chi connectivity index (χ1n) is 1.84. The van der Waals surface area contributed by atoms with Gasteiger partial charge < -0.3 is 0 Å². The van der Waals surface area contributed by atoms with Gasteiger partial charge in [-0.15, -0.1) is 33.2 Å². The zero-order chi connectivity index (χ0) is 7.65. The molecule has 0 rings (SSSR count). The van der Waals surface area contributed by atoms with Gasteiger partial charge in [0.2, 0.25) is 14.1 Å². The van der Waals surface area contributed by atoms with Crippen LogP contribution in [0.25, 0.3) is 0 Å². The van der Waals surface area contributed by atoms with Gasteiger partial charge >= 0.3 is 5.52 Å². The number of rotatable bonds is 2. The SMILES string of the molecule is Cl[SiH](Cl)[SiH](Cl)[Si](Cl)(Cl)Cl. The normalized spacial score (nSPS) is 16.3. The van der Waals surface area contributed by atoms with Crippen molar-refractivity contribution in [3.05, 3.63) is 0 Å². The van der Waals surface area contributed by atoms with E-state index >= 15 is 0 Å². The lowest BCUT2D eigenvalue weighted by Crippen LogP contribution is -2.39. The third-order valence-corrected chi connectivity index (χ3v) is 43.2. The highest BCUT2D eigenvalue weighted by molar-refractivity contribution is 8.04. The van der Waals surface area contributed by atoms with Gasteiger partial charge in [-0.25, -0.2) is 0 Å². The second kappa shape index (κ2) is 4.42. The molecular weight excluding hydrogens is 297 g/mol. The molecule has 1 unspecified atom stereocenters. The van der Waals surface area contributed by atoms with Crippen LogP contribution in [0.3, 0.4) is 0 Å². The van der Waals surface area contributed by atoms with Crippen LogP contribution < -0.4 is 0 Å². The molecule has 9 heteroatoms. The molecular formula is H2Cl6Si3. The maximum absolute atomic E-state index is 5.69. The third kappa shape index (κ3) is 4.76. The second-order valence-corrected chi connectivity index (χ2v) is 34.5. The summed E-state index contributed by atoms with van der Waals surface area (Å²) in [5.74, 6) is 0. The van der Waals surface area contributed by atoms with Crippen molar-refractivity contribution in [2.75, 3.05) is 0 Å². The Kier molecular flexibility index (Phi) is 5.60. The Hall–Kier alpha value is 2.39. The molecule has 0 nitrogen and oxygen atoms in total. The number of hydrogen-bond donors (Lipinski definition) is 0. The van der Waals surface area contributed by atoms with Gasteiger partial charge in [-0.05, 0) is 0 Å². The average molecular weight is 299 g/mol. The fourth-order valence-corrected chi connectivity index (χ4v) is 34.7. The Bertz CT molecular complexity index is 82.8. The first-order chi connectivity index (χ1) is 3.85. The summed E-state index contributed by atoms with van der Waals surface area (Å²) < 4.78 is 0. The van der Waals surface area contributed by atoms with Gasteiger partial charge in [0.1, 0.15) is 0 Å². The molecule has 0 amide bonds. The zero-order valence-corrected chi connectivity index (χ0v) is 11.8. The maximum Gasteiger partial charge on any atom is 0.338 e. The Labute approximate surface area is 85.3 Å². The van der Waals surface area contributed by atoms with Crippen molar-refractivity contribution >= 4 is 86.1 Å². The van der Waals surface area contributed by atoms with E-state index < -0.39 is 19.6 Å². The molecule has 0 bridgehead atoms. The predicted octanol–water partition coefficient (Wildman–Crippen LogP) is 2.46. The summed E-state index contributed by atoms with van der Waals surface area (Å²) in [6.07, 6.45) is 0. The lowest BCUT2D eigenvalue weighted by molar-refractivity contribution is 3.53. The molecule has 0 radical (unpaired) electrons. The number of hydrogen-bond acceptors (Lipinski definition) is 0. The van der Waals surface area contributed by atoms with Crippen molar-refractivity contribution in [2.45, 2.75) is 0 Å². The van der Waals surface area contributed by atoms with E-state index in [1.54, 1.807) is 0 Å². The topological polar surface area (TPSA) is 0 Å². The lowest BCUT2D eigenvalue weighted by atomic mass is 26.5. The van der Waals surface area contributed by atoms with Crippen LogP contribution in [-0.2, 0) is 0 Å². The largest absolute Gasteiger partial charge is 0.338 e. The molecule has 1 atom stereocenters. The van der Waals surface area contributed by atoms with Crippen LogP contribution in [0.5, 0.6) is 0 Å². The molecule has 0 fully saturated rings. The van der Waals surface area contributed by atoms with Crippen LogP contribution in [0.4, 0.5) is 0 Å². The summed E-state index contributed by atoms with van der Waals surface area (Å²) >= 11 is 33.4. The Balaban J connectivity index is 3.88. The van der Waals surface area contributed by atoms with Crippen molar-refractivity contribution in [2.24, 2.45) is 0 Å². The molecule has 0 N–H and O–H groups in total. The van der Waals surface area contributed by atoms with Gasteiger partial charge in [0.05, 0.1) is 0 Å². The third-order valence-electron chi connectivity index (χ3n) is 0.534. The van der Waals surface area contributed by atoms with E-state index in [0.717, 1.165) is 0 Å². The maximum atomic E-state index is 5.69. The molecule has 56 valence electrons. The summed E-state index contributed by atoms with van der Waals surface area (Å²) in [7, 11) is -1.89. The van der Waals surface area contributed by atoms with E-state index in [1.165, 1.54) is 0 Å². The second-order valence-electron chi connectivity index (χ2n) is 1.28. The van der Waals surface area contributed by atoms with E-state index in [9.17, 15) is 0 Å². The van der Waals surface area contributed by atoms with Crippen molar-refractivity contribution in [3.63, 3.8) is 0 Å². The standard InChI is InChI=1S/Cl6H2Si3/c1-7(2)8(3)9(4,5)6/h7-8H. The summed E-state index contributed by atoms with van der Waals surface area (Å²) in [6.45, 7) is -1.88. The Morgan fingerprint density at radius 1 is 0.889 bits per heavy atom. The molecule has 0 saturated heterocycles. The zero-order valence-electron chi connectivity index (χ0n) is 3.92. The highest BCUT2D eigenvalue weighted by atomic mass is 35.9. The molecule has 0 spiro atoms. The molecule has 9 heavy (non-hydrogen) atoms. The monoisotopic (exact) mass is 296 g/mol. The summed E-state index contributed by atoms with van der Waals surface area (Å²) in [6, 6.07) is 0. The van der Waals surface area contributed by atoms with Crippen LogP contribution in [0.15, 0.2) is 0 Å². The molecule has 0 aromatic carbocycles. The van der Waals surface area contributed by atoms with Crippen molar-refractivity contribution in [3.8, 4) is 0 Å². The van der Waals surface area contributed by atoms with Crippen LogP contribution in [-0.4, -0.2) is 19.6 Å². The van der Waals surface area contributed by atoms with Crippen LogP contribution in [0.2, 0.25) is 0 Å². The highest BCUT2D eigenvalue weighted by Gasteiger charge is 2.42. The minimum atomic E-state index is -2.70.